The van der Waals surface area contributed by atoms with E-state index < -0.39 is 37.3 Å². The highest BCUT2D eigenvalue weighted by Gasteiger charge is 2.43. The first-order valence-electron chi connectivity index (χ1n) is 4.35. The molecule has 0 aliphatic carbocycles. The molecule has 1 heterocycles. The molecule has 0 aromatic carbocycles. The third kappa shape index (κ3) is 2.37. The van der Waals surface area contributed by atoms with Crippen LogP contribution in [-0.2, 0) is 9.47 Å². The van der Waals surface area contributed by atoms with Crippen molar-refractivity contribution in [1.29, 1.82) is 0 Å². The lowest BCUT2D eigenvalue weighted by Crippen LogP contribution is -2.58. The SMILES string of the molecule is CO[C@H]1O[C@H](CO)[C@@H](O)[C@H](O)[C@@H]1N=[N+]=[N-]. The van der Waals surface area contributed by atoms with Gasteiger partial charge >= 0.3 is 0 Å². The van der Waals surface area contributed by atoms with Gasteiger partial charge in [0, 0.05) is 12.0 Å². The van der Waals surface area contributed by atoms with Gasteiger partial charge in [0.1, 0.15) is 18.2 Å². The smallest absolute Gasteiger partial charge is 0.168 e. The molecule has 1 aliphatic heterocycles. The largest absolute Gasteiger partial charge is 0.394 e. The quantitative estimate of drug-likeness (QED) is 0.310. The van der Waals surface area contributed by atoms with Gasteiger partial charge in [-0.1, -0.05) is 5.11 Å². The molecule has 86 valence electrons. The highest BCUT2D eigenvalue weighted by Crippen LogP contribution is 2.23. The second kappa shape index (κ2) is 5.26. The Bertz CT molecular complexity index is 255. The second-order valence-corrected chi connectivity index (χ2v) is 3.14. The lowest BCUT2D eigenvalue weighted by atomic mass is 9.98. The van der Waals surface area contributed by atoms with E-state index >= 15 is 0 Å². The van der Waals surface area contributed by atoms with Gasteiger partial charge in [-0.25, -0.2) is 0 Å². The van der Waals surface area contributed by atoms with Gasteiger partial charge in [-0.15, -0.1) is 0 Å². The van der Waals surface area contributed by atoms with Crippen LogP contribution in [0.25, 0.3) is 10.4 Å². The van der Waals surface area contributed by atoms with Crippen molar-refractivity contribution in [1.82, 2.24) is 0 Å². The predicted molar refractivity (Wildman–Crippen MR) is 47.7 cm³/mol. The van der Waals surface area contributed by atoms with E-state index in [1.165, 1.54) is 7.11 Å². The van der Waals surface area contributed by atoms with E-state index in [9.17, 15) is 10.2 Å². The molecule has 0 unspecified atom stereocenters. The fraction of sp³-hybridized carbons (Fsp3) is 1.00. The summed E-state index contributed by atoms with van der Waals surface area (Å²) < 4.78 is 9.92. The average Bonchev–Trinajstić information content (AvgIpc) is 2.25. The molecule has 0 bridgehead atoms. The van der Waals surface area contributed by atoms with Crippen molar-refractivity contribution in [2.75, 3.05) is 13.7 Å². The van der Waals surface area contributed by atoms with Crippen LogP contribution in [0.5, 0.6) is 0 Å². The van der Waals surface area contributed by atoms with E-state index in [-0.39, 0.29) is 0 Å². The highest BCUT2D eigenvalue weighted by atomic mass is 16.7. The van der Waals surface area contributed by atoms with Crippen LogP contribution < -0.4 is 0 Å². The molecule has 0 spiro atoms. The number of aliphatic hydroxyl groups excluding tert-OH is 3. The molecule has 0 amide bonds. The monoisotopic (exact) mass is 219 g/mol. The first-order chi connectivity index (χ1) is 7.15. The van der Waals surface area contributed by atoms with Crippen LogP contribution in [0.1, 0.15) is 0 Å². The lowest BCUT2D eigenvalue weighted by molar-refractivity contribution is -0.257. The van der Waals surface area contributed by atoms with E-state index in [2.05, 4.69) is 10.0 Å². The molecular weight excluding hydrogens is 206 g/mol. The van der Waals surface area contributed by atoms with Crippen LogP contribution in [0, 0.1) is 0 Å². The van der Waals surface area contributed by atoms with E-state index in [1.54, 1.807) is 0 Å². The van der Waals surface area contributed by atoms with Crippen molar-refractivity contribution < 1.29 is 24.8 Å². The van der Waals surface area contributed by atoms with Crippen LogP contribution in [0.3, 0.4) is 0 Å². The molecule has 1 aliphatic rings. The number of rotatable bonds is 3. The first kappa shape index (κ1) is 12.2. The molecule has 1 fully saturated rings. The van der Waals surface area contributed by atoms with E-state index in [0.717, 1.165) is 0 Å². The van der Waals surface area contributed by atoms with Gasteiger partial charge in [-0.3, -0.25) is 0 Å². The molecule has 15 heavy (non-hydrogen) atoms. The van der Waals surface area contributed by atoms with Gasteiger partial charge in [0.05, 0.1) is 12.7 Å². The zero-order chi connectivity index (χ0) is 11.4. The van der Waals surface area contributed by atoms with E-state index in [0.29, 0.717) is 0 Å². The first-order valence-corrected chi connectivity index (χ1v) is 4.35. The molecule has 3 N–H and O–H groups in total. The van der Waals surface area contributed by atoms with E-state index in [1.807, 2.05) is 0 Å². The minimum atomic E-state index is -1.32. The molecule has 0 radical (unpaired) electrons. The second-order valence-electron chi connectivity index (χ2n) is 3.14. The Hall–Kier alpha value is -0.890. The van der Waals surface area contributed by atoms with Crippen molar-refractivity contribution in [3.63, 3.8) is 0 Å². The van der Waals surface area contributed by atoms with E-state index in [4.69, 9.17) is 20.1 Å². The minimum Gasteiger partial charge on any atom is -0.394 e. The summed E-state index contributed by atoms with van der Waals surface area (Å²) in [7, 11) is 1.31. The van der Waals surface area contributed by atoms with Gasteiger partial charge in [-0.2, -0.15) is 0 Å². The number of nitrogens with zero attached hydrogens (tertiary/aromatic N) is 3. The number of hydrogen-bond donors (Lipinski definition) is 3. The molecule has 8 heteroatoms. The summed E-state index contributed by atoms with van der Waals surface area (Å²) in [5.74, 6) is 0. The van der Waals surface area contributed by atoms with Crippen LogP contribution in [0.15, 0.2) is 5.11 Å². The van der Waals surface area contributed by atoms with Crippen LogP contribution in [0.2, 0.25) is 0 Å². The summed E-state index contributed by atoms with van der Waals surface area (Å²) >= 11 is 0. The summed E-state index contributed by atoms with van der Waals surface area (Å²) in [6.07, 6.45) is -4.56. The number of azide groups is 1. The maximum absolute atomic E-state index is 9.59. The van der Waals surface area contributed by atoms with Crippen molar-refractivity contribution in [2.45, 2.75) is 30.6 Å². The summed E-state index contributed by atoms with van der Waals surface area (Å²) in [6.45, 7) is -0.457. The Kier molecular flexibility index (Phi) is 4.28. The number of aliphatic hydroxyl groups is 3. The maximum Gasteiger partial charge on any atom is 0.168 e. The molecule has 0 saturated carbocycles. The molecule has 1 saturated heterocycles. The average molecular weight is 219 g/mol. The molecule has 1 rings (SSSR count). The molecule has 5 atom stereocenters. The third-order valence-electron chi connectivity index (χ3n) is 2.27. The molecule has 0 aromatic rings. The summed E-state index contributed by atoms with van der Waals surface area (Å²) in [5, 5.41) is 31.2. The van der Waals surface area contributed by atoms with Gasteiger partial charge < -0.3 is 24.8 Å². The van der Waals surface area contributed by atoms with Crippen LogP contribution in [-0.4, -0.2) is 59.7 Å². The topological polar surface area (TPSA) is 128 Å². The standard InChI is InChI=1S/C7H13N3O5/c1-14-7-4(9-10-8)6(13)5(12)3(2-11)15-7/h3-7,11-13H,2H2,1H3/t3-,4+,5-,6-,7+/m1/s1. The number of ether oxygens (including phenoxy) is 2. The third-order valence-corrected chi connectivity index (χ3v) is 2.27. The zero-order valence-corrected chi connectivity index (χ0v) is 8.09. The fourth-order valence-electron chi connectivity index (χ4n) is 1.44. The van der Waals surface area contributed by atoms with Crippen LogP contribution >= 0.6 is 0 Å². The Morgan fingerprint density at radius 1 is 1.47 bits per heavy atom. The van der Waals surface area contributed by atoms with Crippen molar-refractivity contribution in [3.8, 4) is 0 Å². The normalized spacial score (nSPS) is 40.9. The molecular formula is C7H13N3O5. The fourth-order valence-corrected chi connectivity index (χ4v) is 1.44. The van der Waals surface area contributed by atoms with Crippen molar-refractivity contribution in [2.24, 2.45) is 5.11 Å². The lowest BCUT2D eigenvalue weighted by Gasteiger charge is -2.39. The predicted octanol–water partition coefficient (Wildman–Crippen LogP) is -1.25. The Labute approximate surface area is 85.7 Å². The van der Waals surface area contributed by atoms with Gasteiger partial charge in [0.15, 0.2) is 6.29 Å². The van der Waals surface area contributed by atoms with Crippen molar-refractivity contribution in [3.05, 3.63) is 10.4 Å². The van der Waals surface area contributed by atoms with Gasteiger partial charge in [-0.05, 0) is 5.53 Å². The Balaban J connectivity index is 2.83. The molecule has 0 aromatic heterocycles. The minimum absolute atomic E-state index is 0.457. The summed E-state index contributed by atoms with van der Waals surface area (Å²) in [5.41, 5.74) is 8.26. The summed E-state index contributed by atoms with van der Waals surface area (Å²) in [4.78, 5) is 2.52. The van der Waals surface area contributed by atoms with Gasteiger partial charge in [0.2, 0.25) is 0 Å². The number of hydrogen-bond acceptors (Lipinski definition) is 6. The van der Waals surface area contributed by atoms with Gasteiger partial charge in [0.25, 0.3) is 0 Å². The maximum atomic E-state index is 9.59. The Morgan fingerprint density at radius 2 is 2.13 bits per heavy atom. The summed E-state index contributed by atoms with van der Waals surface area (Å²) in [6, 6.07) is -1.03. The molecule has 8 nitrogen and oxygen atoms in total. The zero-order valence-electron chi connectivity index (χ0n) is 8.09. The number of methoxy groups -OCH3 is 1. The Morgan fingerprint density at radius 3 is 2.60 bits per heavy atom. The van der Waals surface area contributed by atoms with Crippen LogP contribution in [0.4, 0.5) is 0 Å². The highest BCUT2D eigenvalue weighted by molar-refractivity contribution is 4.93. The van der Waals surface area contributed by atoms with Crippen molar-refractivity contribution >= 4 is 0 Å².